The predicted molar refractivity (Wildman–Crippen MR) is 262 cm³/mol. The Morgan fingerprint density at radius 2 is 0.778 bits per heavy atom. The van der Waals surface area contributed by atoms with Crippen molar-refractivity contribution in [3.05, 3.63) is 265 Å². The zero-order chi connectivity index (χ0) is 41.7. The van der Waals surface area contributed by atoms with Gasteiger partial charge in [0.15, 0.2) is 5.82 Å². The SMILES string of the molecule is c1ccc(-c2cc(-c3ccccc3)nc(-c3ccc(-c4ccc(-c5cccc6c5-c5ccc7ccccc7c5C6(c5ccccc5)c5ccccc5)cc4)c4ccccc34)n2)cc1. The van der Waals surface area contributed by atoms with E-state index in [2.05, 4.69) is 231 Å². The Morgan fingerprint density at radius 1 is 0.302 bits per heavy atom. The number of hydrogen-bond donors (Lipinski definition) is 0. The number of rotatable bonds is 7. The maximum absolute atomic E-state index is 5.20. The van der Waals surface area contributed by atoms with Crippen molar-refractivity contribution in [2.75, 3.05) is 0 Å². The number of fused-ring (bicyclic) bond motifs is 6. The minimum atomic E-state index is -0.503. The summed E-state index contributed by atoms with van der Waals surface area (Å²) in [6.45, 7) is 0. The summed E-state index contributed by atoms with van der Waals surface area (Å²) in [5.74, 6) is 0.710. The molecule has 0 aliphatic heterocycles. The summed E-state index contributed by atoms with van der Waals surface area (Å²) < 4.78 is 0. The van der Waals surface area contributed by atoms with E-state index in [1.165, 1.54) is 60.8 Å². The van der Waals surface area contributed by atoms with Gasteiger partial charge in [-0.2, -0.15) is 0 Å². The molecule has 0 atom stereocenters. The van der Waals surface area contributed by atoms with Gasteiger partial charge in [0.05, 0.1) is 16.8 Å². The molecule has 0 saturated heterocycles. The Morgan fingerprint density at radius 3 is 1.38 bits per heavy atom. The molecule has 0 fully saturated rings. The third-order valence-electron chi connectivity index (χ3n) is 13.0. The van der Waals surface area contributed by atoms with Crippen molar-refractivity contribution >= 4 is 21.5 Å². The van der Waals surface area contributed by atoms with Crippen LogP contribution in [0.4, 0.5) is 0 Å². The lowest BCUT2D eigenvalue weighted by Crippen LogP contribution is -2.28. The van der Waals surface area contributed by atoms with Crippen LogP contribution in [0, 0.1) is 0 Å². The Balaban J connectivity index is 1.00. The first-order valence-electron chi connectivity index (χ1n) is 21.7. The minimum Gasteiger partial charge on any atom is -0.228 e. The van der Waals surface area contributed by atoms with E-state index in [-0.39, 0.29) is 0 Å². The molecule has 0 N–H and O–H groups in total. The predicted octanol–water partition coefficient (Wildman–Crippen LogP) is 15.5. The van der Waals surface area contributed by atoms with Crippen LogP contribution in [-0.4, -0.2) is 9.97 Å². The second-order valence-electron chi connectivity index (χ2n) is 16.4. The second kappa shape index (κ2) is 15.1. The van der Waals surface area contributed by atoms with E-state index in [1.54, 1.807) is 0 Å². The van der Waals surface area contributed by atoms with Crippen molar-refractivity contribution in [1.82, 2.24) is 9.97 Å². The van der Waals surface area contributed by atoms with E-state index < -0.39 is 5.41 Å². The van der Waals surface area contributed by atoms with Crippen LogP contribution in [0.2, 0.25) is 0 Å². The fourth-order valence-electron chi connectivity index (χ4n) is 10.2. The molecule has 0 saturated carbocycles. The summed E-state index contributed by atoms with van der Waals surface area (Å²) >= 11 is 0. The van der Waals surface area contributed by atoms with Gasteiger partial charge in [0.25, 0.3) is 0 Å². The van der Waals surface area contributed by atoms with Gasteiger partial charge in [0.2, 0.25) is 0 Å². The first-order valence-corrected chi connectivity index (χ1v) is 21.7. The summed E-state index contributed by atoms with van der Waals surface area (Å²) in [5.41, 5.74) is 16.9. The molecule has 11 aromatic rings. The van der Waals surface area contributed by atoms with Crippen molar-refractivity contribution in [3.8, 4) is 67.3 Å². The van der Waals surface area contributed by atoms with Crippen LogP contribution in [0.5, 0.6) is 0 Å². The molecule has 1 aliphatic carbocycles. The molecule has 294 valence electrons. The summed E-state index contributed by atoms with van der Waals surface area (Å²) in [7, 11) is 0. The zero-order valence-electron chi connectivity index (χ0n) is 34.5. The molecule has 63 heavy (non-hydrogen) atoms. The molecule has 1 aliphatic rings. The van der Waals surface area contributed by atoms with Gasteiger partial charge in [0, 0.05) is 16.7 Å². The molecule has 1 heterocycles. The van der Waals surface area contributed by atoms with Crippen LogP contribution < -0.4 is 0 Å². The maximum Gasteiger partial charge on any atom is 0.161 e. The number of benzene rings is 10. The fourth-order valence-corrected chi connectivity index (χ4v) is 10.2. The first-order chi connectivity index (χ1) is 31.3. The van der Waals surface area contributed by atoms with Crippen LogP contribution in [0.25, 0.3) is 88.8 Å². The number of nitrogens with zero attached hydrogens (tertiary/aromatic N) is 2. The van der Waals surface area contributed by atoms with Gasteiger partial charge in [0.1, 0.15) is 0 Å². The van der Waals surface area contributed by atoms with Gasteiger partial charge in [-0.25, -0.2) is 9.97 Å². The molecule has 0 radical (unpaired) electrons. The Bertz CT molecular complexity index is 3370. The van der Waals surface area contributed by atoms with Crippen molar-refractivity contribution in [3.63, 3.8) is 0 Å². The summed E-state index contributed by atoms with van der Waals surface area (Å²) in [5, 5.41) is 4.81. The van der Waals surface area contributed by atoms with Crippen molar-refractivity contribution in [1.29, 1.82) is 0 Å². The standard InChI is InChI=1S/C61H40N2/c1-5-19-44(20-6-1)56-40-57(45-21-7-2-8-22-45)63-60(62-56)53-39-38-48(51-28-15-16-29-52(51)53)42-32-34-43(35-33-42)49-30-17-31-55-58(49)54-37-36-41-18-13-14-27-50(41)59(54)61(55,46-23-9-3-10-24-46)47-25-11-4-12-26-47/h1-40H. The highest BCUT2D eigenvalue weighted by Gasteiger charge is 2.47. The quantitative estimate of drug-likeness (QED) is 0.160. The molecule has 0 bridgehead atoms. The summed E-state index contributed by atoms with van der Waals surface area (Å²) in [4.78, 5) is 10.4. The molecule has 10 aromatic carbocycles. The van der Waals surface area contributed by atoms with Gasteiger partial charge >= 0.3 is 0 Å². The Kier molecular flexibility index (Phi) is 8.76. The van der Waals surface area contributed by atoms with Crippen molar-refractivity contribution < 1.29 is 0 Å². The van der Waals surface area contributed by atoms with E-state index in [4.69, 9.17) is 9.97 Å². The highest BCUT2D eigenvalue weighted by molar-refractivity contribution is 6.06. The smallest absolute Gasteiger partial charge is 0.161 e. The molecule has 1 aromatic heterocycles. The van der Waals surface area contributed by atoms with E-state index >= 15 is 0 Å². The third kappa shape index (κ3) is 5.95. The average molecular weight is 801 g/mol. The summed E-state index contributed by atoms with van der Waals surface area (Å²) in [6, 6.07) is 87.7. The van der Waals surface area contributed by atoms with Gasteiger partial charge in [-0.3, -0.25) is 0 Å². The molecule has 0 spiro atoms. The largest absolute Gasteiger partial charge is 0.228 e. The monoisotopic (exact) mass is 800 g/mol. The van der Waals surface area contributed by atoms with Crippen molar-refractivity contribution in [2.45, 2.75) is 5.41 Å². The Labute approximate surface area is 367 Å². The van der Waals surface area contributed by atoms with E-state index in [0.29, 0.717) is 5.82 Å². The molecule has 12 rings (SSSR count). The molecule has 0 amide bonds. The number of aromatic nitrogens is 2. The van der Waals surface area contributed by atoms with Gasteiger partial charge < -0.3 is 0 Å². The third-order valence-corrected chi connectivity index (χ3v) is 13.0. The highest BCUT2D eigenvalue weighted by atomic mass is 14.9. The number of hydrogen-bond acceptors (Lipinski definition) is 2. The molecule has 2 nitrogen and oxygen atoms in total. The second-order valence-corrected chi connectivity index (χ2v) is 16.4. The normalized spacial score (nSPS) is 12.6. The van der Waals surface area contributed by atoms with Gasteiger partial charge in [-0.15, -0.1) is 0 Å². The lowest BCUT2D eigenvalue weighted by molar-refractivity contribution is 0.775. The van der Waals surface area contributed by atoms with Crippen LogP contribution in [-0.2, 0) is 5.41 Å². The van der Waals surface area contributed by atoms with E-state index in [9.17, 15) is 0 Å². The Hall–Kier alpha value is -8.20. The highest BCUT2D eigenvalue weighted by Crippen LogP contribution is 2.60. The molecular formula is C61H40N2. The topological polar surface area (TPSA) is 25.8 Å². The van der Waals surface area contributed by atoms with Crippen LogP contribution >= 0.6 is 0 Å². The lowest BCUT2D eigenvalue weighted by Gasteiger charge is -2.34. The average Bonchev–Trinajstić information content (AvgIpc) is 3.69. The minimum absolute atomic E-state index is 0.503. The molecule has 2 heteroatoms. The van der Waals surface area contributed by atoms with Crippen LogP contribution in [0.15, 0.2) is 243 Å². The summed E-state index contributed by atoms with van der Waals surface area (Å²) in [6.07, 6.45) is 0. The maximum atomic E-state index is 5.20. The van der Waals surface area contributed by atoms with Gasteiger partial charge in [-0.05, 0) is 89.3 Å². The van der Waals surface area contributed by atoms with E-state index in [1.807, 2.05) is 12.1 Å². The van der Waals surface area contributed by atoms with Gasteiger partial charge in [-0.1, -0.05) is 231 Å². The van der Waals surface area contributed by atoms with Crippen LogP contribution in [0.3, 0.4) is 0 Å². The fraction of sp³-hybridized carbons (Fsp3) is 0.0164. The lowest BCUT2D eigenvalue weighted by atomic mass is 9.66. The zero-order valence-corrected chi connectivity index (χ0v) is 34.5. The van der Waals surface area contributed by atoms with Crippen molar-refractivity contribution in [2.24, 2.45) is 0 Å². The molecular weight excluding hydrogens is 761 g/mol. The molecule has 0 unspecified atom stereocenters. The van der Waals surface area contributed by atoms with E-state index in [0.717, 1.165) is 44.4 Å². The van der Waals surface area contributed by atoms with Crippen LogP contribution in [0.1, 0.15) is 22.3 Å². The first kappa shape index (κ1) is 36.6.